The molecule has 2 aliphatic heterocycles. The maximum Gasteiger partial charge on any atom is 0.222 e. The van der Waals surface area contributed by atoms with Crippen LogP contribution >= 0.6 is 0 Å². The lowest BCUT2D eigenvalue weighted by Gasteiger charge is -2.34. The van der Waals surface area contributed by atoms with Crippen LogP contribution in [0.1, 0.15) is 64.7 Å². The molecule has 1 N–H and O–H groups in total. The molecule has 6 heteroatoms. The molecule has 0 unspecified atom stereocenters. The molecule has 0 spiro atoms. The van der Waals surface area contributed by atoms with Crippen molar-refractivity contribution in [2.45, 2.75) is 76.8 Å². The number of piperidine rings is 1. The molecule has 2 heterocycles. The van der Waals surface area contributed by atoms with Gasteiger partial charge in [0, 0.05) is 31.6 Å². The van der Waals surface area contributed by atoms with Crippen molar-refractivity contribution in [3.05, 3.63) is 0 Å². The molecule has 2 aliphatic rings. The Morgan fingerprint density at radius 2 is 1.74 bits per heavy atom. The fraction of sp³-hybridized carbons (Fsp3) is 0.941. The highest BCUT2D eigenvalue weighted by molar-refractivity contribution is 7.91. The molecule has 1 amide bonds. The SMILES string of the molecule is CCCCCCCC(=O)N1CCC(N[C@@H]2CCS(=O)(=O)C2)CC1. The van der Waals surface area contributed by atoms with Crippen molar-refractivity contribution in [3.8, 4) is 0 Å². The maximum absolute atomic E-state index is 12.2. The van der Waals surface area contributed by atoms with E-state index in [4.69, 9.17) is 0 Å². The van der Waals surface area contributed by atoms with Gasteiger partial charge in [-0.05, 0) is 25.7 Å². The van der Waals surface area contributed by atoms with E-state index < -0.39 is 9.84 Å². The van der Waals surface area contributed by atoms with Crippen LogP contribution in [0.15, 0.2) is 0 Å². The smallest absolute Gasteiger partial charge is 0.222 e. The fourth-order valence-corrected chi connectivity index (χ4v) is 5.28. The van der Waals surface area contributed by atoms with Crippen LogP contribution in [0.5, 0.6) is 0 Å². The predicted octanol–water partition coefficient (Wildman–Crippen LogP) is 2.11. The van der Waals surface area contributed by atoms with E-state index in [1.54, 1.807) is 0 Å². The van der Waals surface area contributed by atoms with Gasteiger partial charge < -0.3 is 10.2 Å². The van der Waals surface area contributed by atoms with E-state index in [9.17, 15) is 13.2 Å². The summed E-state index contributed by atoms with van der Waals surface area (Å²) in [4.78, 5) is 14.2. The summed E-state index contributed by atoms with van der Waals surface area (Å²) < 4.78 is 23.0. The second kappa shape index (κ2) is 9.02. The summed E-state index contributed by atoms with van der Waals surface area (Å²) in [6, 6.07) is 0.479. The van der Waals surface area contributed by atoms with Gasteiger partial charge in [0.15, 0.2) is 9.84 Å². The third kappa shape index (κ3) is 6.42. The number of hydrogen-bond donors (Lipinski definition) is 1. The number of likely N-dealkylation sites (tertiary alicyclic amines) is 1. The second-order valence-electron chi connectivity index (χ2n) is 7.09. The number of sulfone groups is 1. The van der Waals surface area contributed by atoms with Crippen LogP contribution in [0.4, 0.5) is 0 Å². The highest BCUT2D eigenvalue weighted by atomic mass is 32.2. The van der Waals surface area contributed by atoms with Crippen molar-refractivity contribution in [2.24, 2.45) is 0 Å². The van der Waals surface area contributed by atoms with E-state index in [0.717, 1.165) is 45.2 Å². The summed E-state index contributed by atoms with van der Waals surface area (Å²) in [5, 5.41) is 3.48. The van der Waals surface area contributed by atoms with Gasteiger partial charge in [0.2, 0.25) is 5.91 Å². The summed E-state index contributed by atoms with van der Waals surface area (Å²) in [5.74, 6) is 0.896. The van der Waals surface area contributed by atoms with E-state index in [1.165, 1.54) is 19.3 Å². The molecule has 0 bridgehead atoms. The molecule has 2 rings (SSSR count). The van der Waals surface area contributed by atoms with Gasteiger partial charge in [0.05, 0.1) is 11.5 Å². The molecule has 0 aromatic rings. The Bertz CT molecular complexity index is 470. The molecule has 134 valence electrons. The Hall–Kier alpha value is -0.620. The molecule has 5 nitrogen and oxygen atoms in total. The molecule has 1 atom stereocenters. The zero-order chi connectivity index (χ0) is 16.7. The molecular formula is C17H32N2O3S. The quantitative estimate of drug-likeness (QED) is 0.685. The molecule has 23 heavy (non-hydrogen) atoms. The molecule has 0 radical (unpaired) electrons. The Morgan fingerprint density at radius 3 is 2.35 bits per heavy atom. The minimum Gasteiger partial charge on any atom is -0.343 e. The standard InChI is InChI=1S/C17H32N2O3S/c1-2-3-4-5-6-7-17(20)19-11-8-15(9-12-19)18-16-10-13-23(21,22)14-16/h15-16,18H,2-14H2,1H3/t16-/m1/s1. The first-order valence-corrected chi connectivity index (χ1v) is 11.1. The van der Waals surface area contributed by atoms with Gasteiger partial charge in [-0.25, -0.2) is 8.42 Å². The van der Waals surface area contributed by atoms with Gasteiger partial charge in [-0.3, -0.25) is 4.79 Å². The minimum atomic E-state index is -2.81. The zero-order valence-corrected chi connectivity index (χ0v) is 15.2. The number of carbonyl (C=O) groups is 1. The number of unbranched alkanes of at least 4 members (excludes halogenated alkanes) is 4. The van der Waals surface area contributed by atoms with E-state index in [1.807, 2.05) is 4.90 Å². The van der Waals surface area contributed by atoms with E-state index in [2.05, 4.69) is 12.2 Å². The number of amides is 1. The van der Waals surface area contributed by atoms with Crippen molar-refractivity contribution < 1.29 is 13.2 Å². The summed E-state index contributed by atoms with van der Waals surface area (Å²) in [6.45, 7) is 3.82. The average molecular weight is 345 g/mol. The third-order valence-corrected chi connectivity index (χ3v) is 6.81. The molecule has 2 saturated heterocycles. The predicted molar refractivity (Wildman–Crippen MR) is 93.2 cm³/mol. The molecule has 0 saturated carbocycles. The van der Waals surface area contributed by atoms with Gasteiger partial charge in [-0.15, -0.1) is 0 Å². The minimum absolute atomic E-state index is 0.116. The van der Waals surface area contributed by atoms with Crippen LogP contribution < -0.4 is 5.32 Å². The van der Waals surface area contributed by atoms with Crippen LogP contribution in [-0.2, 0) is 14.6 Å². The molecule has 2 fully saturated rings. The van der Waals surface area contributed by atoms with Crippen LogP contribution in [0.2, 0.25) is 0 Å². The third-order valence-electron chi connectivity index (χ3n) is 5.05. The topological polar surface area (TPSA) is 66.5 Å². The highest BCUT2D eigenvalue weighted by Crippen LogP contribution is 2.17. The van der Waals surface area contributed by atoms with Crippen LogP contribution in [0, 0.1) is 0 Å². The lowest BCUT2D eigenvalue weighted by molar-refractivity contribution is -0.132. The van der Waals surface area contributed by atoms with Crippen molar-refractivity contribution >= 4 is 15.7 Å². The summed E-state index contributed by atoms with van der Waals surface area (Å²) in [7, 11) is -2.81. The first-order chi connectivity index (χ1) is 11.0. The maximum atomic E-state index is 12.2. The normalized spacial score (nSPS) is 24.9. The highest BCUT2D eigenvalue weighted by Gasteiger charge is 2.31. The lowest BCUT2D eigenvalue weighted by Crippen LogP contribution is -2.48. The largest absolute Gasteiger partial charge is 0.343 e. The van der Waals surface area contributed by atoms with Gasteiger partial charge in [0.1, 0.15) is 0 Å². The molecule has 0 aromatic carbocycles. The van der Waals surface area contributed by atoms with Crippen LogP contribution in [0.25, 0.3) is 0 Å². The van der Waals surface area contributed by atoms with Gasteiger partial charge >= 0.3 is 0 Å². The van der Waals surface area contributed by atoms with Gasteiger partial charge in [-0.2, -0.15) is 0 Å². The van der Waals surface area contributed by atoms with Gasteiger partial charge in [-0.1, -0.05) is 32.6 Å². The first-order valence-electron chi connectivity index (χ1n) is 9.24. The second-order valence-corrected chi connectivity index (χ2v) is 9.31. The Morgan fingerprint density at radius 1 is 1.04 bits per heavy atom. The van der Waals surface area contributed by atoms with Crippen LogP contribution in [0.3, 0.4) is 0 Å². The number of carbonyl (C=O) groups excluding carboxylic acids is 1. The monoisotopic (exact) mass is 344 g/mol. The number of nitrogens with one attached hydrogen (secondary N) is 1. The van der Waals surface area contributed by atoms with Crippen molar-refractivity contribution in [1.82, 2.24) is 10.2 Å². The molecule has 0 aromatic heterocycles. The number of hydrogen-bond acceptors (Lipinski definition) is 4. The fourth-order valence-electron chi connectivity index (χ4n) is 3.59. The number of nitrogens with zero attached hydrogens (tertiary/aromatic N) is 1. The number of rotatable bonds is 8. The van der Waals surface area contributed by atoms with Crippen LogP contribution in [-0.4, -0.2) is 55.9 Å². The van der Waals surface area contributed by atoms with Crippen molar-refractivity contribution in [3.63, 3.8) is 0 Å². The summed E-state index contributed by atoms with van der Waals surface area (Å²) >= 11 is 0. The van der Waals surface area contributed by atoms with E-state index in [0.29, 0.717) is 24.1 Å². The van der Waals surface area contributed by atoms with Crippen molar-refractivity contribution in [1.29, 1.82) is 0 Å². The van der Waals surface area contributed by atoms with Crippen molar-refractivity contribution in [2.75, 3.05) is 24.6 Å². The van der Waals surface area contributed by atoms with E-state index >= 15 is 0 Å². The Labute approximate surface area is 141 Å². The average Bonchev–Trinajstić information content (AvgIpc) is 2.86. The Balaban J connectivity index is 1.61. The molecule has 0 aliphatic carbocycles. The van der Waals surface area contributed by atoms with Gasteiger partial charge in [0.25, 0.3) is 0 Å². The summed E-state index contributed by atoms with van der Waals surface area (Å²) in [6.07, 6.45) is 9.21. The lowest BCUT2D eigenvalue weighted by atomic mass is 10.0. The molecular weight excluding hydrogens is 312 g/mol. The first kappa shape index (κ1) is 18.7. The zero-order valence-electron chi connectivity index (χ0n) is 14.4. The Kier molecular flexibility index (Phi) is 7.34. The van der Waals surface area contributed by atoms with E-state index in [-0.39, 0.29) is 11.8 Å². The summed E-state index contributed by atoms with van der Waals surface area (Å²) in [5.41, 5.74) is 0.